The van der Waals surface area contributed by atoms with E-state index in [9.17, 15) is 14.7 Å². The molecule has 1 rings (SSSR count). The molecule has 1 aromatic rings. The Bertz CT molecular complexity index is 413. The summed E-state index contributed by atoms with van der Waals surface area (Å²) in [5.41, 5.74) is 0.925. The number of hydrogen-bond donors (Lipinski definition) is 1. The third kappa shape index (κ3) is 5.66. The zero-order valence-electron chi connectivity index (χ0n) is 11.3. The van der Waals surface area contributed by atoms with E-state index in [1.807, 2.05) is 30.3 Å². The highest BCUT2D eigenvalue weighted by Crippen LogP contribution is 2.11. The largest absolute Gasteiger partial charge is 0.461 e. The molecular weight excluding hydrogens is 244 g/mol. The maximum Gasteiger partial charge on any atom is 0.306 e. The van der Waals surface area contributed by atoms with E-state index in [2.05, 4.69) is 0 Å². The zero-order valence-corrected chi connectivity index (χ0v) is 11.3. The van der Waals surface area contributed by atoms with Crippen LogP contribution in [0.5, 0.6) is 0 Å². The Kier molecular flexibility index (Phi) is 6.22. The second-order valence-corrected chi connectivity index (χ2v) is 4.65. The molecule has 0 radical (unpaired) electrons. The van der Waals surface area contributed by atoms with Crippen LogP contribution in [0.25, 0.3) is 0 Å². The van der Waals surface area contributed by atoms with Crippen molar-refractivity contribution in [3.63, 3.8) is 0 Å². The summed E-state index contributed by atoms with van der Waals surface area (Å²) in [6.45, 7) is 3.32. The molecule has 0 saturated heterocycles. The summed E-state index contributed by atoms with van der Waals surface area (Å²) in [6.07, 6.45) is -0.429. The SMILES string of the molecule is CC(=O)[C@@H](C)[C@@H](O)CCC(=O)OCc1ccccc1. The average molecular weight is 264 g/mol. The van der Waals surface area contributed by atoms with Gasteiger partial charge in [-0.2, -0.15) is 0 Å². The van der Waals surface area contributed by atoms with Gasteiger partial charge in [-0.1, -0.05) is 37.3 Å². The molecule has 0 heterocycles. The van der Waals surface area contributed by atoms with Gasteiger partial charge in [-0.05, 0) is 18.9 Å². The summed E-state index contributed by atoms with van der Waals surface area (Å²) < 4.78 is 5.08. The molecule has 1 aromatic carbocycles. The predicted molar refractivity (Wildman–Crippen MR) is 71.3 cm³/mol. The Labute approximate surface area is 113 Å². The molecular formula is C15H20O4. The first-order valence-electron chi connectivity index (χ1n) is 6.38. The molecule has 19 heavy (non-hydrogen) atoms. The van der Waals surface area contributed by atoms with Crippen LogP contribution in [0.2, 0.25) is 0 Å². The molecule has 4 heteroatoms. The number of esters is 1. The molecule has 2 atom stereocenters. The number of carbonyl (C=O) groups excluding carboxylic acids is 2. The van der Waals surface area contributed by atoms with Crippen LogP contribution in [0.4, 0.5) is 0 Å². The summed E-state index contributed by atoms with van der Waals surface area (Å²) in [5.74, 6) is -0.884. The number of carbonyl (C=O) groups is 2. The number of ether oxygens (including phenoxy) is 1. The fourth-order valence-electron chi connectivity index (χ4n) is 1.60. The summed E-state index contributed by atoms with van der Waals surface area (Å²) in [7, 11) is 0. The van der Waals surface area contributed by atoms with Crippen LogP contribution in [-0.2, 0) is 20.9 Å². The molecule has 104 valence electrons. The lowest BCUT2D eigenvalue weighted by atomic mass is 9.97. The molecule has 0 fully saturated rings. The average Bonchev–Trinajstić information content (AvgIpc) is 2.42. The van der Waals surface area contributed by atoms with Gasteiger partial charge in [0, 0.05) is 12.3 Å². The van der Waals surface area contributed by atoms with Gasteiger partial charge in [-0.25, -0.2) is 0 Å². The van der Waals surface area contributed by atoms with Crippen molar-refractivity contribution in [2.75, 3.05) is 0 Å². The monoisotopic (exact) mass is 264 g/mol. The van der Waals surface area contributed by atoms with Gasteiger partial charge >= 0.3 is 5.97 Å². The fraction of sp³-hybridized carbons (Fsp3) is 0.467. The van der Waals surface area contributed by atoms with Crippen molar-refractivity contribution in [3.05, 3.63) is 35.9 Å². The normalized spacial score (nSPS) is 13.6. The van der Waals surface area contributed by atoms with Gasteiger partial charge in [0.15, 0.2) is 0 Å². The second kappa shape index (κ2) is 7.69. The molecule has 0 aliphatic rings. The first-order valence-corrected chi connectivity index (χ1v) is 6.38. The number of rotatable bonds is 7. The van der Waals surface area contributed by atoms with Crippen LogP contribution in [0.3, 0.4) is 0 Å². The van der Waals surface area contributed by atoms with Crippen molar-refractivity contribution in [1.29, 1.82) is 0 Å². The standard InChI is InChI=1S/C15H20O4/c1-11(12(2)16)14(17)8-9-15(18)19-10-13-6-4-3-5-7-13/h3-7,11,14,17H,8-10H2,1-2H3/t11-,14+/m1/s1. The lowest BCUT2D eigenvalue weighted by Crippen LogP contribution is -2.24. The molecule has 0 unspecified atom stereocenters. The van der Waals surface area contributed by atoms with Crippen molar-refractivity contribution >= 4 is 11.8 Å². The van der Waals surface area contributed by atoms with Crippen LogP contribution in [-0.4, -0.2) is 23.0 Å². The lowest BCUT2D eigenvalue weighted by molar-refractivity contribution is -0.146. The van der Waals surface area contributed by atoms with Crippen molar-refractivity contribution in [2.24, 2.45) is 5.92 Å². The van der Waals surface area contributed by atoms with E-state index in [-0.39, 0.29) is 31.2 Å². The second-order valence-electron chi connectivity index (χ2n) is 4.65. The van der Waals surface area contributed by atoms with Gasteiger partial charge < -0.3 is 9.84 Å². The minimum atomic E-state index is -0.790. The maximum atomic E-state index is 11.5. The molecule has 0 spiro atoms. The van der Waals surface area contributed by atoms with E-state index in [4.69, 9.17) is 4.74 Å². The first-order chi connectivity index (χ1) is 9.00. The molecule has 0 amide bonds. The Morgan fingerprint density at radius 2 is 1.89 bits per heavy atom. The van der Waals surface area contributed by atoms with Crippen molar-refractivity contribution in [3.8, 4) is 0 Å². The predicted octanol–water partition coefficient (Wildman–Crippen LogP) is 2.10. The molecule has 0 aromatic heterocycles. The Hall–Kier alpha value is -1.68. The highest BCUT2D eigenvalue weighted by molar-refractivity contribution is 5.78. The highest BCUT2D eigenvalue weighted by atomic mass is 16.5. The first kappa shape index (κ1) is 15.4. The number of benzene rings is 1. The Morgan fingerprint density at radius 1 is 1.26 bits per heavy atom. The van der Waals surface area contributed by atoms with Gasteiger partial charge in [-0.3, -0.25) is 9.59 Å². The zero-order chi connectivity index (χ0) is 14.3. The van der Waals surface area contributed by atoms with Crippen LogP contribution in [0.15, 0.2) is 30.3 Å². The molecule has 0 aliphatic carbocycles. The summed E-state index contributed by atoms with van der Waals surface area (Å²) >= 11 is 0. The van der Waals surface area contributed by atoms with Gasteiger partial charge in [0.2, 0.25) is 0 Å². The van der Waals surface area contributed by atoms with Crippen molar-refractivity contribution in [2.45, 2.75) is 39.4 Å². The van der Waals surface area contributed by atoms with Crippen LogP contribution in [0.1, 0.15) is 32.3 Å². The number of Topliss-reactive ketones (excluding diaryl/α,β-unsaturated/α-hetero) is 1. The molecule has 0 aliphatic heterocycles. The molecule has 0 bridgehead atoms. The van der Waals surface area contributed by atoms with E-state index in [0.717, 1.165) is 5.56 Å². The number of hydrogen-bond acceptors (Lipinski definition) is 4. The van der Waals surface area contributed by atoms with Crippen molar-refractivity contribution < 1.29 is 19.4 Å². The number of aliphatic hydroxyl groups is 1. The summed E-state index contributed by atoms with van der Waals surface area (Å²) in [4.78, 5) is 22.6. The van der Waals surface area contributed by atoms with E-state index in [1.54, 1.807) is 6.92 Å². The number of aliphatic hydroxyl groups excluding tert-OH is 1. The van der Waals surface area contributed by atoms with Crippen LogP contribution < -0.4 is 0 Å². The number of ketones is 1. The smallest absolute Gasteiger partial charge is 0.306 e. The third-order valence-electron chi connectivity index (χ3n) is 3.11. The van der Waals surface area contributed by atoms with Gasteiger partial charge in [0.1, 0.15) is 12.4 Å². The molecule has 1 N–H and O–H groups in total. The summed E-state index contributed by atoms with van der Waals surface area (Å²) in [6, 6.07) is 9.40. The van der Waals surface area contributed by atoms with Crippen LogP contribution >= 0.6 is 0 Å². The topological polar surface area (TPSA) is 63.6 Å². The highest BCUT2D eigenvalue weighted by Gasteiger charge is 2.19. The minimum Gasteiger partial charge on any atom is -0.461 e. The Morgan fingerprint density at radius 3 is 2.47 bits per heavy atom. The van der Waals surface area contributed by atoms with E-state index in [0.29, 0.717) is 0 Å². The van der Waals surface area contributed by atoms with Gasteiger partial charge in [0.25, 0.3) is 0 Å². The quantitative estimate of drug-likeness (QED) is 0.766. The van der Waals surface area contributed by atoms with Gasteiger partial charge in [-0.15, -0.1) is 0 Å². The summed E-state index contributed by atoms with van der Waals surface area (Å²) in [5, 5.41) is 9.69. The van der Waals surface area contributed by atoms with Crippen molar-refractivity contribution in [1.82, 2.24) is 0 Å². The fourth-order valence-corrected chi connectivity index (χ4v) is 1.60. The Balaban J connectivity index is 2.27. The third-order valence-corrected chi connectivity index (χ3v) is 3.11. The minimum absolute atomic E-state index is 0.0786. The van der Waals surface area contributed by atoms with Crippen LogP contribution in [0, 0.1) is 5.92 Å². The maximum absolute atomic E-state index is 11.5. The van der Waals surface area contributed by atoms with Gasteiger partial charge in [0.05, 0.1) is 6.10 Å². The molecule has 4 nitrogen and oxygen atoms in total. The molecule has 0 saturated carbocycles. The van der Waals surface area contributed by atoms with E-state index in [1.165, 1.54) is 6.92 Å². The van der Waals surface area contributed by atoms with E-state index < -0.39 is 12.0 Å². The van der Waals surface area contributed by atoms with E-state index >= 15 is 0 Å². The lowest BCUT2D eigenvalue weighted by Gasteiger charge is -2.15.